The molecular formula is C20H30N4O. The number of hydrogen-bond donors (Lipinski definition) is 1. The fourth-order valence-corrected chi connectivity index (χ4v) is 3.65. The lowest BCUT2D eigenvalue weighted by atomic mass is 10.0. The molecule has 25 heavy (non-hydrogen) atoms. The Morgan fingerprint density at radius 2 is 1.96 bits per heavy atom. The number of rotatable bonds is 6. The number of likely N-dealkylation sites (tertiary alicyclic amines) is 1. The molecule has 0 spiro atoms. The molecule has 1 saturated heterocycles. The van der Waals surface area contributed by atoms with E-state index in [0.717, 1.165) is 31.7 Å². The summed E-state index contributed by atoms with van der Waals surface area (Å²) in [5.41, 5.74) is 3.02. The monoisotopic (exact) mass is 342 g/mol. The van der Waals surface area contributed by atoms with Crippen LogP contribution in [-0.2, 0) is 6.54 Å². The maximum absolute atomic E-state index is 10.7. The van der Waals surface area contributed by atoms with E-state index < -0.39 is 5.60 Å². The van der Waals surface area contributed by atoms with Gasteiger partial charge in [0.25, 0.3) is 0 Å². The standard InChI is InChI=1S/C20H30N4O/c1-16(2)18-5-7-19(8-6-18)24-13-17(11-21-24)12-23-10-9-20(25,15-23)14-22(3)4/h5-8,11,13,16,25H,9-10,12,14-15H2,1-4H3/t20-/m1/s1. The molecule has 0 radical (unpaired) electrons. The van der Waals surface area contributed by atoms with Crippen LogP contribution in [0.25, 0.3) is 5.69 Å². The molecule has 136 valence electrons. The van der Waals surface area contributed by atoms with Gasteiger partial charge in [0.05, 0.1) is 17.5 Å². The number of β-amino-alcohol motifs (C(OH)–C–C–N with tert-alkyl or cyclic N) is 1. The van der Waals surface area contributed by atoms with Gasteiger partial charge >= 0.3 is 0 Å². The van der Waals surface area contributed by atoms with Gasteiger partial charge in [-0.05, 0) is 44.1 Å². The number of aromatic nitrogens is 2. The Kier molecular flexibility index (Phi) is 5.27. The third-order valence-corrected chi connectivity index (χ3v) is 4.89. The third-order valence-electron chi connectivity index (χ3n) is 4.89. The van der Waals surface area contributed by atoms with Crippen LogP contribution in [0.15, 0.2) is 36.7 Å². The number of benzene rings is 1. The largest absolute Gasteiger partial charge is 0.387 e. The summed E-state index contributed by atoms with van der Waals surface area (Å²) in [7, 11) is 4.02. The van der Waals surface area contributed by atoms with Gasteiger partial charge in [0.2, 0.25) is 0 Å². The lowest BCUT2D eigenvalue weighted by Gasteiger charge is -2.26. The first-order valence-corrected chi connectivity index (χ1v) is 9.08. The molecule has 1 aromatic heterocycles. The summed E-state index contributed by atoms with van der Waals surface area (Å²) >= 11 is 0. The number of aliphatic hydroxyl groups is 1. The van der Waals surface area contributed by atoms with Crippen molar-refractivity contribution in [1.29, 1.82) is 0 Å². The first-order valence-electron chi connectivity index (χ1n) is 9.08. The molecule has 1 aliphatic rings. The predicted octanol–water partition coefficient (Wildman–Crippen LogP) is 2.49. The highest BCUT2D eigenvalue weighted by atomic mass is 16.3. The quantitative estimate of drug-likeness (QED) is 0.876. The van der Waals surface area contributed by atoms with Crippen molar-refractivity contribution in [2.24, 2.45) is 0 Å². The van der Waals surface area contributed by atoms with E-state index in [4.69, 9.17) is 0 Å². The van der Waals surface area contributed by atoms with E-state index in [0.29, 0.717) is 12.5 Å². The Morgan fingerprint density at radius 3 is 2.60 bits per heavy atom. The highest BCUT2D eigenvalue weighted by Crippen LogP contribution is 2.24. The first kappa shape index (κ1) is 18.1. The molecule has 2 aromatic rings. The molecule has 1 N–H and O–H groups in total. The van der Waals surface area contributed by atoms with E-state index in [1.165, 1.54) is 11.1 Å². The Balaban J connectivity index is 1.62. The van der Waals surface area contributed by atoms with E-state index in [1.807, 2.05) is 25.0 Å². The average molecular weight is 342 g/mol. The number of hydrogen-bond acceptors (Lipinski definition) is 4. The van der Waals surface area contributed by atoms with Gasteiger partial charge in [-0.1, -0.05) is 26.0 Å². The second kappa shape index (κ2) is 7.28. The maximum atomic E-state index is 10.7. The second-order valence-electron chi connectivity index (χ2n) is 7.96. The van der Waals surface area contributed by atoms with Crippen molar-refractivity contribution in [2.45, 2.75) is 38.3 Å². The zero-order valence-corrected chi connectivity index (χ0v) is 15.8. The van der Waals surface area contributed by atoms with E-state index in [2.05, 4.69) is 59.2 Å². The minimum absolute atomic E-state index is 0.540. The van der Waals surface area contributed by atoms with Gasteiger partial charge in [-0.15, -0.1) is 0 Å². The molecule has 3 rings (SSSR count). The molecule has 0 bridgehead atoms. The topological polar surface area (TPSA) is 44.5 Å². The molecule has 1 aromatic carbocycles. The van der Waals surface area contributed by atoms with Crippen LogP contribution in [-0.4, -0.2) is 64.0 Å². The molecule has 0 aliphatic carbocycles. The molecule has 1 aliphatic heterocycles. The zero-order valence-electron chi connectivity index (χ0n) is 15.8. The van der Waals surface area contributed by atoms with Crippen molar-refractivity contribution < 1.29 is 5.11 Å². The van der Waals surface area contributed by atoms with Gasteiger partial charge < -0.3 is 10.0 Å². The van der Waals surface area contributed by atoms with Gasteiger partial charge in [0, 0.05) is 37.9 Å². The minimum atomic E-state index is -0.591. The van der Waals surface area contributed by atoms with Crippen molar-refractivity contribution >= 4 is 0 Å². The van der Waals surface area contributed by atoms with Crippen molar-refractivity contribution in [3.05, 3.63) is 47.8 Å². The number of likely N-dealkylation sites (N-methyl/N-ethyl adjacent to an activating group) is 1. The maximum Gasteiger partial charge on any atom is 0.0912 e. The van der Waals surface area contributed by atoms with Gasteiger partial charge in [0.15, 0.2) is 0 Å². The van der Waals surface area contributed by atoms with E-state index in [1.54, 1.807) is 0 Å². The second-order valence-corrected chi connectivity index (χ2v) is 7.96. The van der Waals surface area contributed by atoms with Crippen LogP contribution in [0.5, 0.6) is 0 Å². The smallest absolute Gasteiger partial charge is 0.0912 e. The first-order chi connectivity index (χ1) is 11.8. The summed E-state index contributed by atoms with van der Waals surface area (Å²) < 4.78 is 1.93. The highest BCUT2D eigenvalue weighted by Gasteiger charge is 2.36. The van der Waals surface area contributed by atoms with Crippen LogP contribution in [0.4, 0.5) is 0 Å². The summed E-state index contributed by atoms with van der Waals surface area (Å²) in [4.78, 5) is 4.37. The van der Waals surface area contributed by atoms with Crippen molar-refractivity contribution in [1.82, 2.24) is 19.6 Å². The zero-order chi connectivity index (χ0) is 18.0. The Bertz CT molecular complexity index is 692. The number of nitrogens with zero attached hydrogens (tertiary/aromatic N) is 4. The highest BCUT2D eigenvalue weighted by molar-refractivity contribution is 5.35. The molecule has 2 heterocycles. The Morgan fingerprint density at radius 1 is 1.24 bits per heavy atom. The van der Waals surface area contributed by atoms with Gasteiger partial charge in [-0.2, -0.15) is 5.10 Å². The van der Waals surface area contributed by atoms with Crippen LogP contribution < -0.4 is 0 Å². The Hall–Kier alpha value is -1.69. The molecular weight excluding hydrogens is 312 g/mol. The van der Waals surface area contributed by atoms with Crippen LogP contribution in [0.3, 0.4) is 0 Å². The van der Waals surface area contributed by atoms with Gasteiger partial charge in [0.1, 0.15) is 0 Å². The van der Waals surface area contributed by atoms with Crippen molar-refractivity contribution in [3.63, 3.8) is 0 Å². The van der Waals surface area contributed by atoms with Crippen LogP contribution in [0.2, 0.25) is 0 Å². The fraction of sp³-hybridized carbons (Fsp3) is 0.550. The lowest BCUT2D eigenvalue weighted by Crippen LogP contribution is -2.42. The van der Waals surface area contributed by atoms with E-state index >= 15 is 0 Å². The SMILES string of the molecule is CC(C)c1ccc(-n2cc(CN3CC[C@@](O)(CN(C)C)C3)cn2)cc1. The van der Waals surface area contributed by atoms with Crippen molar-refractivity contribution in [3.8, 4) is 5.69 Å². The molecule has 1 fully saturated rings. The van der Waals surface area contributed by atoms with Crippen LogP contribution in [0, 0.1) is 0 Å². The molecule has 5 nitrogen and oxygen atoms in total. The van der Waals surface area contributed by atoms with Crippen molar-refractivity contribution in [2.75, 3.05) is 33.7 Å². The third kappa shape index (κ3) is 4.48. The molecule has 0 saturated carbocycles. The predicted molar refractivity (Wildman–Crippen MR) is 101 cm³/mol. The molecule has 0 unspecified atom stereocenters. The summed E-state index contributed by atoms with van der Waals surface area (Å²) in [6.45, 7) is 7.60. The molecule has 0 amide bonds. The normalized spacial score (nSPS) is 21.6. The van der Waals surface area contributed by atoms with E-state index in [9.17, 15) is 5.11 Å². The Labute approximate surface area is 150 Å². The lowest BCUT2D eigenvalue weighted by molar-refractivity contribution is 0.0240. The summed E-state index contributed by atoms with van der Waals surface area (Å²) in [5.74, 6) is 0.540. The average Bonchev–Trinajstić information content (AvgIpc) is 3.14. The van der Waals surface area contributed by atoms with E-state index in [-0.39, 0.29) is 0 Å². The fourth-order valence-electron chi connectivity index (χ4n) is 3.65. The molecule has 1 atom stereocenters. The summed E-state index contributed by atoms with van der Waals surface area (Å²) in [6, 6.07) is 8.59. The summed E-state index contributed by atoms with van der Waals surface area (Å²) in [6.07, 6.45) is 4.85. The molecule has 5 heteroatoms. The summed E-state index contributed by atoms with van der Waals surface area (Å²) in [5, 5.41) is 15.2. The van der Waals surface area contributed by atoms with Gasteiger partial charge in [-0.25, -0.2) is 4.68 Å². The van der Waals surface area contributed by atoms with Crippen LogP contribution in [0.1, 0.15) is 37.3 Å². The minimum Gasteiger partial charge on any atom is -0.387 e. The van der Waals surface area contributed by atoms with Crippen LogP contribution >= 0.6 is 0 Å². The van der Waals surface area contributed by atoms with Gasteiger partial charge in [-0.3, -0.25) is 4.90 Å².